The highest BCUT2D eigenvalue weighted by atomic mass is 35.5. The molecule has 1 N–H and O–H groups in total. The lowest BCUT2D eigenvalue weighted by molar-refractivity contribution is -0.121. The summed E-state index contributed by atoms with van der Waals surface area (Å²) < 4.78 is 32.0. The normalized spacial score (nSPS) is 15.6. The molecule has 1 saturated heterocycles. The van der Waals surface area contributed by atoms with Crippen LogP contribution in [0.3, 0.4) is 0 Å². The Balaban J connectivity index is 1.51. The standard InChI is InChI=1S/C23H29ClN2O4S/c1-23(2,19-4-3-5-20(24)16-19)17-25-22(27)11-8-18-6-9-21(10-7-18)31(28,29)26-12-14-30-15-13-26/h3-7,9-10,16H,8,11-15,17H2,1-2H3,(H,25,27). The summed E-state index contributed by atoms with van der Waals surface area (Å²) in [5, 5.41) is 3.67. The number of nitrogens with zero attached hydrogens (tertiary/aromatic N) is 1. The fraction of sp³-hybridized carbons (Fsp3) is 0.435. The van der Waals surface area contributed by atoms with Crippen LogP contribution >= 0.6 is 11.6 Å². The van der Waals surface area contributed by atoms with E-state index in [-0.39, 0.29) is 16.2 Å². The SMILES string of the molecule is CC(C)(CNC(=O)CCc1ccc(S(=O)(=O)N2CCOCC2)cc1)c1cccc(Cl)c1. The number of rotatable bonds is 8. The first kappa shape index (κ1) is 23.7. The van der Waals surface area contributed by atoms with Crippen LogP contribution in [0.2, 0.25) is 5.02 Å². The molecule has 0 atom stereocenters. The van der Waals surface area contributed by atoms with Gasteiger partial charge in [-0.05, 0) is 41.8 Å². The van der Waals surface area contributed by atoms with Crippen LogP contribution in [0.25, 0.3) is 0 Å². The van der Waals surface area contributed by atoms with Gasteiger partial charge in [-0.1, -0.05) is 49.7 Å². The van der Waals surface area contributed by atoms with E-state index in [9.17, 15) is 13.2 Å². The van der Waals surface area contributed by atoms with Crippen molar-refractivity contribution in [3.63, 3.8) is 0 Å². The number of carbonyl (C=O) groups is 1. The number of nitrogens with one attached hydrogen (secondary N) is 1. The molecule has 1 aliphatic heterocycles. The topological polar surface area (TPSA) is 75.7 Å². The van der Waals surface area contributed by atoms with E-state index in [1.165, 1.54) is 4.31 Å². The second kappa shape index (κ2) is 10.1. The van der Waals surface area contributed by atoms with E-state index in [0.29, 0.717) is 50.7 Å². The van der Waals surface area contributed by atoms with E-state index < -0.39 is 10.0 Å². The molecule has 0 bridgehead atoms. The van der Waals surface area contributed by atoms with Crippen LogP contribution in [-0.4, -0.2) is 51.5 Å². The van der Waals surface area contributed by atoms with Gasteiger partial charge in [0.1, 0.15) is 0 Å². The van der Waals surface area contributed by atoms with E-state index in [0.717, 1.165) is 11.1 Å². The number of benzene rings is 2. The first-order valence-corrected chi connectivity index (χ1v) is 12.2. The molecule has 3 rings (SSSR count). The van der Waals surface area contributed by atoms with Crippen LogP contribution in [0.4, 0.5) is 0 Å². The summed E-state index contributed by atoms with van der Waals surface area (Å²) in [6, 6.07) is 14.4. The molecule has 0 unspecified atom stereocenters. The van der Waals surface area contributed by atoms with Crippen molar-refractivity contribution in [1.29, 1.82) is 0 Å². The second-order valence-corrected chi connectivity index (χ2v) is 10.7. The van der Waals surface area contributed by atoms with E-state index in [2.05, 4.69) is 19.2 Å². The molecule has 31 heavy (non-hydrogen) atoms. The highest BCUT2D eigenvalue weighted by Gasteiger charge is 2.26. The Kier molecular flexibility index (Phi) is 7.75. The average molecular weight is 465 g/mol. The Hall–Kier alpha value is -1.93. The molecule has 1 amide bonds. The molecular formula is C23H29ClN2O4S. The summed E-state index contributed by atoms with van der Waals surface area (Å²) in [6.07, 6.45) is 0.877. The third kappa shape index (κ3) is 6.29. The minimum absolute atomic E-state index is 0.0416. The quantitative estimate of drug-likeness (QED) is 0.649. The van der Waals surface area contributed by atoms with Gasteiger partial charge in [0.2, 0.25) is 15.9 Å². The number of hydrogen-bond donors (Lipinski definition) is 1. The van der Waals surface area contributed by atoms with Gasteiger partial charge in [0.25, 0.3) is 0 Å². The Morgan fingerprint density at radius 3 is 2.45 bits per heavy atom. The number of amides is 1. The van der Waals surface area contributed by atoms with Gasteiger partial charge in [-0.3, -0.25) is 4.79 Å². The lowest BCUT2D eigenvalue weighted by Gasteiger charge is -2.26. The first-order chi connectivity index (χ1) is 14.7. The zero-order valence-corrected chi connectivity index (χ0v) is 19.5. The maximum absolute atomic E-state index is 12.7. The van der Waals surface area contributed by atoms with E-state index >= 15 is 0 Å². The maximum Gasteiger partial charge on any atom is 0.243 e. The van der Waals surface area contributed by atoms with E-state index in [1.807, 2.05) is 24.3 Å². The summed E-state index contributed by atoms with van der Waals surface area (Å²) in [7, 11) is -3.50. The molecule has 0 spiro atoms. The number of aryl methyl sites for hydroxylation is 1. The summed E-state index contributed by atoms with van der Waals surface area (Å²) in [6.45, 7) is 6.20. The molecule has 1 aliphatic rings. The summed E-state index contributed by atoms with van der Waals surface area (Å²) in [5.74, 6) is -0.0416. The molecule has 0 aromatic heterocycles. The second-order valence-electron chi connectivity index (χ2n) is 8.33. The fourth-order valence-electron chi connectivity index (χ4n) is 3.44. The van der Waals surface area contributed by atoms with Crippen molar-refractivity contribution in [2.45, 2.75) is 37.0 Å². The summed E-state index contributed by atoms with van der Waals surface area (Å²) in [4.78, 5) is 12.6. The highest BCUT2D eigenvalue weighted by Crippen LogP contribution is 2.25. The Labute approximate surface area is 189 Å². The van der Waals surface area contributed by atoms with Gasteiger partial charge in [0, 0.05) is 36.5 Å². The van der Waals surface area contributed by atoms with Crippen molar-refractivity contribution in [3.05, 3.63) is 64.7 Å². The molecule has 0 saturated carbocycles. The first-order valence-electron chi connectivity index (χ1n) is 10.4. The maximum atomic E-state index is 12.7. The third-order valence-electron chi connectivity index (χ3n) is 5.51. The Morgan fingerprint density at radius 2 is 1.81 bits per heavy atom. The molecule has 1 heterocycles. The average Bonchev–Trinajstić information content (AvgIpc) is 2.77. The van der Waals surface area contributed by atoms with Crippen molar-refractivity contribution in [2.75, 3.05) is 32.8 Å². The van der Waals surface area contributed by atoms with E-state index in [1.54, 1.807) is 24.3 Å². The Morgan fingerprint density at radius 1 is 1.13 bits per heavy atom. The lowest BCUT2D eigenvalue weighted by Crippen LogP contribution is -2.40. The van der Waals surface area contributed by atoms with Gasteiger partial charge in [-0.25, -0.2) is 8.42 Å². The molecule has 1 fully saturated rings. The number of sulfonamides is 1. The number of ether oxygens (including phenoxy) is 1. The van der Waals surface area contributed by atoms with Crippen LogP contribution in [0.5, 0.6) is 0 Å². The van der Waals surface area contributed by atoms with Crippen LogP contribution in [0.1, 0.15) is 31.4 Å². The minimum Gasteiger partial charge on any atom is -0.379 e. The fourth-order valence-corrected chi connectivity index (χ4v) is 5.04. The van der Waals surface area contributed by atoms with Crippen LogP contribution < -0.4 is 5.32 Å². The van der Waals surface area contributed by atoms with Gasteiger partial charge in [-0.2, -0.15) is 4.31 Å². The Bertz CT molecular complexity index is 1000. The molecule has 2 aromatic carbocycles. The molecule has 8 heteroatoms. The highest BCUT2D eigenvalue weighted by molar-refractivity contribution is 7.89. The molecule has 2 aromatic rings. The summed E-state index contributed by atoms with van der Waals surface area (Å²) >= 11 is 6.08. The molecule has 168 valence electrons. The third-order valence-corrected chi connectivity index (χ3v) is 7.65. The minimum atomic E-state index is -3.50. The van der Waals surface area contributed by atoms with Crippen LogP contribution in [-0.2, 0) is 31.4 Å². The van der Waals surface area contributed by atoms with Crippen molar-refractivity contribution < 1.29 is 17.9 Å². The monoisotopic (exact) mass is 464 g/mol. The number of halogens is 1. The van der Waals surface area contributed by atoms with Crippen molar-refractivity contribution in [3.8, 4) is 0 Å². The number of hydrogen-bond acceptors (Lipinski definition) is 4. The van der Waals surface area contributed by atoms with Gasteiger partial charge in [-0.15, -0.1) is 0 Å². The predicted molar refractivity (Wildman–Crippen MR) is 122 cm³/mol. The summed E-state index contributed by atoms with van der Waals surface area (Å²) in [5.41, 5.74) is 1.75. The van der Waals surface area contributed by atoms with Crippen molar-refractivity contribution in [1.82, 2.24) is 9.62 Å². The molecular weight excluding hydrogens is 436 g/mol. The van der Waals surface area contributed by atoms with Gasteiger partial charge in [0.15, 0.2) is 0 Å². The smallest absolute Gasteiger partial charge is 0.243 e. The molecule has 6 nitrogen and oxygen atoms in total. The van der Waals surface area contributed by atoms with Crippen molar-refractivity contribution in [2.24, 2.45) is 0 Å². The van der Waals surface area contributed by atoms with Gasteiger partial charge in [0.05, 0.1) is 18.1 Å². The van der Waals surface area contributed by atoms with Gasteiger partial charge < -0.3 is 10.1 Å². The van der Waals surface area contributed by atoms with Gasteiger partial charge >= 0.3 is 0 Å². The largest absolute Gasteiger partial charge is 0.379 e. The molecule has 0 radical (unpaired) electrons. The predicted octanol–water partition coefficient (Wildman–Crippen LogP) is 3.39. The van der Waals surface area contributed by atoms with Crippen molar-refractivity contribution >= 4 is 27.5 Å². The van der Waals surface area contributed by atoms with Crippen LogP contribution in [0.15, 0.2) is 53.4 Å². The van der Waals surface area contributed by atoms with E-state index in [4.69, 9.17) is 16.3 Å². The lowest BCUT2D eigenvalue weighted by atomic mass is 9.84. The number of carbonyl (C=O) groups excluding carboxylic acids is 1. The zero-order chi connectivity index (χ0) is 22.5. The number of morpholine rings is 1. The zero-order valence-electron chi connectivity index (χ0n) is 17.9. The molecule has 0 aliphatic carbocycles. The van der Waals surface area contributed by atoms with Crippen LogP contribution in [0, 0.1) is 0 Å².